The van der Waals surface area contributed by atoms with Gasteiger partial charge in [0.2, 0.25) is 0 Å². The fourth-order valence-electron chi connectivity index (χ4n) is 2.85. The van der Waals surface area contributed by atoms with Crippen molar-refractivity contribution in [3.8, 4) is 34.5 Å². The Morgan fingerprint density at radius 2 is 1.64 bits per heavy atom. The zero-order valence-corrected chi connectivity index (χ0v) is 14.0. The Morgan fingerprint density at radius 1 is 0.960 bits per heavy atom. The molecule has 1 atom stereocenters. The van der Waals surface area contributed by atoms with E-state index in [0.717, 1.165) is 0 Å². The van der Waals surface area contributed by atoms with Crippen molar-refractivity contribution in [2.24, 2.45) is 0 Å². The third-order valence-electron chi connectivity index (χ3n) is 4.09. The summed E-state index contributed by atoms with van der Waals surface area (Å²) in [6.45, 7) is 0. The van der Waals surface area contributed by atoms with Gasteiger partial charge in [-0.1, -0.05) is 0 Å². The summed E-state index contributed by atoms with van der Waals surface area (Å²) < 4.78 is 21.3. The Bertz CT molecular complexity index is 829. The number of ether oxygens (including phenoxy) is 4. The van der Waals surface area contributed by atoms with Crippen molar-refractivity contribution < 1.29 is 34.0 Å². The maximum Gasteiger partial charge on any atom is 0.174 e. The highest BCUT2D eigenvalue weighted by Crippen LogP contribution is 2.45. The number of phenols is 2. The molecule has 7 heteroatoms. The summed E-state index contributed by atoms with van der Waals surface area (Å²) in [6, 6.07) is 5.85. The van der Waals surface area contributed by atoms with Gasteiger partial charge in [-0.2, -0.15) is 0 Å². The Morgan fingerprint density at radius 3 is 2.28 bits per heavy atom. The predicted molar refractivity (Wildman–Crippen MR) is 88.2 cm³/mol. The van der Waals surface area contributed by atoms with Crippen molar-refractivity contribution in [1.29, 1.82) is 0 Å². The lowest BCUT2D eigenvalue weighted by atomic mass is 9.94. The number of carbonyl (C=O) groups is 1. The normalized spacial score (nSPS) is 16.0. The summed E-state index contributed by atoms with van der Waals surface area (Å²) in [5.41, 5.74) is 0.496. The van der Waals surface area contributed by atoms with Crippen LogP contribution in [-0.2, 0) is 0 Å². The number of benzene rings is 2. The molecule has 1 aliphatic rings. The summed E-state index contributed by atoms with van der Waals surface area (Å²) in [6.07, 6.45) is -0.762. The molecule has 0 unspecified atom stereocenters. The number of hydrogen-bond donors (Lipinski definition) is 2. The first-order chi connectivity index (χ1) is 12.0. The monoisotopic (exact) mass is 346 g/mol. The van der Waals surface area contributed by atoms with E-state index in [4.69, 9.17) is 18.9 Å². The predicted octanol–water partition coefficient (Wildman–Crippen LogP) is 2.83. The highest BCUT2D eigenvalue weighted by atomic mass is 16.5. The van der Waals surface area contributed by atoms with E-state index in [1.165, 1.54) is 39.5 Å². The molecule has 1 heterocycles. The molecule has 0 bridgehead atoms. The number of Topliss-reactive ketones (excluding diaryl/α,β-unsaturated/α-hetero) is 1. The molecule has 0 saturated carbocycles. The van der Waals surface area contributed by atoms with Crippen molar-refractivity contribution >= 4 is 5.78 Å². The smallest absolute Gasteiger partial charge is 0.174 e. The van der Waals surface area contributed by atoms with Crippen LogP contribution in [0.1, 0.15) is 28.4 Å². The molecule has 2 N–H and O–H groups in total. The van der Waals surface area contributed by atoms with Crippen LogP contribution in [0.3, 0.4) is 0 Å². The van der Waals surface area contributed by atoms with E-state index >= 15 is 0 Å². The summed E-state index contributed by atoms with van der Waals surface area (Å²) in [5.74, 6) is 0.769. The van der Waals surface area contributed by atoms with Gasteiger partial charge in [0.05, 0.1) is 27.8 Å². The topological polar surface area (TPSA) is 94.5 Å². The molecule has 7 nitrogen and oxygen atoms in total. The van der Waals surface area contributed by atoms with Crippen molar-refractivity contribution in [3.63, 3.8) is 0 Å². The van der Waals surface area contributed by atoms with Gasteiger partial charge >= 0.3 is 0 Å². The van der Waals surface area contributed by atoms with E-state index in [9.17, 15) is 15.0 Å². The Balaban J connectivity index is 2.04. The van der Waals surface area contributed by atoms with Crippen LogP contribution in [0.5, 0.6) is 34.5 Å². The maximum absolute atomic E-state index is 12.5. The fraction of sp³-hybridized carbons (Fsp3) is 0.278. The van der Waals surface area contributed by atoms with Gasteiger partial charge in [0.1, 0.15) is 34.7 Å². The van der Waals surface area contributed by atoms with Gasteiger partial charge in [-0.15, -0.1) is 0 Å². The second-order valence-corrected chi connectivity index (χ2v) is 5.52. The summed E-state index contributed by atoms with van der Waals surface area (Å²) in [7, 11) is 4.39. The van der Waals surface area contributed by atoms with Gasteiger partial charge in [0, 0.05) is 23.8 Å². The summed E-state index contributed by atoms with van der Waals surface area (Å²) in [4.78, 5) is 12.5. The molecule has 0 amide bonds. The molecule has 0 aromatic heterocycles. The van der Waals surface area contributed by atoms with E-state index in [1.54, 1.807) is 6.07 Å². The molecule has 0 fully saturated rings. The third-order valence-corrected chi connectivity index (χ3v) is 4.09. The van der Waals surface area contributed by atoms with Crippen molar-refractivity contribution in [2.75, 3.05) is 21.3 Å². The summed E-state index contributed by atoms with van der Waals surface area (Å²) in [5, 5.41) is 20.3. The second kappa shape index (κ2) is 6.43. The summed E-state index contributed by atoms with van der Waals surface area (Å²) >= 11 is 0. The van der Waals surface area contributed by atoms with E-state index in [-0.39, 0.29) is 35.0 Å². The Kier molecular flexibility index (Phi) is 4.31. The molecule has 0 aliphatic carbocycles. The third kappa shape index (κ3) is 2.88. The van der Waals surface area contributed by atoms with E-state index in [0.29, 0.717) is 22.8 Å². The van der Waals surface area contributed by atoms with Crippen molar-refractivity contribution in [2.45, 2.75) is 12.5 Å². The van der Waals surface area contributed by atoms with Crippen LogP contribution in [0.15, 0.2) is 24.3 Å². The Labute approximate surface area is 144 Å². The highest BCUT2D eigenvalue weighted by Gasteiger charge is 2.33. The zero-order chi connectivity index (χ0) is 18.1. The standard InChI is InChI=1S/C18H18O7/c1-22-9-4-12(20)18-13(21)8-14(25-17(18)5-9)10-6-15(23-2)16(24-3)7-11(10)19/h4-7,14,19-20H,8H2,1-3H3/t14-/m0/s1. The van der Waals surface area contributed by atoms with E-state index in [2.05, 4.69) is 0 Å². The lowest BCUT2D eigenvalue weighted by Gasteiger charge is -2.27. The molecule has 0 radical (unpaired) electrons. The minimum atomic E-state index is -0.730. The van der Waals surface area contributed by atoms with Gasteiger partial charge in [-0.3, -0.25) is 4.79 Å². The van der Waals surface area contributed by atoms with E-state index < -0.39 is 6.10 Å². The molecule has 25 heavy (non-hydrogen) atoms. The largest absolute Gasteiger partial charge is 0.507 e. The maximum atomic E-state index is 12.5. The molecule has 3 rings (SSSR count). The van der Waals surface area contributed by atoms with Crippen LogP contribution >= 0.6 is 0 Å². The van der Waals surface area contributed by atoms with Crippen LogP contribution in [0.4, 0.5) is 0 Å². The number of aromatic hydroxyl groups is 2. The SMILES string of the molecule is COc1cc(O)c2c(c1)O[C@H](c1cc(OC)c(OC)cc1O)CC2=O. The van der Waals surface area contributed by atoms with Crippen LogP contribution in [0, 0.1) is 0 Å². The average Bonchev–Trinajstić information content (AvgIpc) is 2.60. The number of rotatable bonds is 4. The number of phenolic OH excluding ortho intramolecular Hbond substituents is 2. The number of methoxy groups -OCH3 is 3. The molecular weight excluding hydrogens is 328 g/mol. The quantitative estimate of drug-likeness (QED) is 0.879. The van der Waals surface area contributed by atoms with Crippen LogP contribution in [-0.4, -0.2) is 37.3 Å². The molecule has 2 aromatic rings. The number of carbonyl (C=O) groups excluding carboxylic acids is 1. The molecular formula is C18H18O7. The number of fused-ring (bicyclic) bond motifs is 1. The number of hydrogen-bond acceptors (Lipinski definition) is 7. The fourth-order valence-corrected chi connectivity index (χ4v) is 2.85. The van der Waals surface area contributed by atoms with Gasteiger partial charge in [-0.05, 0) is 6.07 Å². The minimum absolute atomic E-state index is 0.0318. The first kappa shape index (κ1) is 16.8. The molecule has 132 valence electrons. The van der Waals surface area contributed by atoms with Crippen LogP contribution in [0.2, 0.25) is 0 Å². The van der Waals surface area contributed by atoms with E-state index in [1.807, 2.05) is 0 Å². The van der Waals surface area contributed by atoms with Gasteiger partial charge in [0.25, 0.3) is 0 Å². The van der Waals surface area contributed by atoms with Gasteiger partial charge < -0.3 is 29.2 Å². The molecule has 1 aliphatic heterocycles. The number of ketones is 1. The van der Waals surface area contributed by atoms with Gasteiger partial charge in [-0.25, -0.2) is 0 Å². The van der Waals surface area contributed by atoms with Crippen molar-refractivity contribution in [3.05, 3.63) is 35.4 Å². The molecule has 2 aromatic carbocycles. The molecule has 0 spiro atoms. The van der Waals surface area contributed by atoms with Gasteiger partial charge in [0.15, 0.2) is 17.3 Å². The first-order valence-electron chi connectivity index (χ1n) is 7.54. The van der Waals surface area contributed by atoms with Crippen molar-refractivity contribution in [1.82, 2.24) is 0 Å². The van der Waals surface area contributed by atoms with Crippen LogP contribution in [0.25, 0.3) is 0 Å². The van der Waals surface area contributed by atoms with Crippen LogP contribution < -0.4 is 18.9 Å². The lowest BCUT2D eigenvalue weighted by Crippen LogP contribution is -2.20. The minimum Gasteiger partial charge on any atom is -0.507 e. The highest BCUT2D eigenvalue weighted by molar-refractivity contribution is 6.02. The average molecular weight is 346 g/mol. The lowest BCUT2D eigenvalue weighted by molar-refractivity contribution is 0.0841. The first-order valence-corrected chi connectivity index (χ1v) is 7.54. The zero-order valence-electron chi connectivity index (χ0n) is 14.0. The Hall–Kier alpha value is -3.09. The second-order valence-electron chi connectivity index (χ2n) is 5.52. The molecule has 0 saturated heterocycles.